The van der Waals surface area contributed by atoms with E-state index in [2.05, 4.69) is 49.5 Å². The Morgan fingerprint density at radius 3 is 3.00 bits per heavy atom. The van der Waals surface area contributed by atoms with E-state index in [0.717, 1.165) is 25.2 Å². The second kappa shape index (κ2) is 5.25. The minimum atomic E-state index is 0.352. The molecule has 2 nitrogen and oxygen atoms in total. The van der Waals surface area contributed by atoms with Crippen LogP contribution in [0, 0.1) is 0 Å². The molecule has 0 saturated carbocycles. The van der Waals surface area contributed by atoms with Crippen LogP contribution in [0.5, 0.6) is 5.75 Å². The van der Waals surface area contributed by atoms with Gasteiger partial charge in [0, 0.05) is 21.9 Å². The Bertz CT molecular complexity index is 576. The molecule has 1 aromatic carbocycles. The standard InChI is InChI=1S/C16H19NOS/c1-3-14-5-7-16(19-14)11(2)17-13-4-6-15-12(10-13)8-9-18-15/h4-7,10-11,17H,3,8-9H2,1-2H3. The van der Waals surface area contributed by atoms with Crippen LogP contribution >= 0.6 is 11.3 Å². The molecule has 0 radical (unpaired) electrons. The molecule has 2 aromatic rings. The molecule has 1 N–H and O–H groups in total. The van der Waals surface area contributed by atoms with Crippen LogP contribution in [0.2, 0.25) is 0 Å². The first-order valence-corrected chi connectivity index (χ1v) is 7.69. The molecule has 19 heavy (non-hydrogen) atoms. The van der Waals surface area contributed by atoms with Crippen molar-refractivity contribution in [2.24, 2.45) is 0 Å². The van der Waals surface area contributed by atoms with E-state index in [9.17, 15) is 0 Å². The lowest BCUT2D eigenvalue weighted by Gasteiger charge is -2.14. The van der Waals surface area contributed by atoms with Gasteiger partial charge in [-0.25, -0.2) is 0 Å². The van der Waals surface area contributed by atoms with Gasteiger partial charge >= 0.3 is 0 Å². The lowest BCUT2D eigenvalue weighted by molar-refractivity contribution is 0.357. The predicted molar refractivity (Wildman–Crippen MR) is 81.4 cm³/mol. The molecular weight excluding hydrogens is 254 g/mol. The summed E-state index contributed by atoms with van der Waals surface area (Å²) in [5.74, 6) is 1.04. The smallest absolute Gasteiger partial charge is 0.122 e. The maximum absolute atomic E-state index is 5.54. The molecule has 1 atom stereocenters. The molecule has 0 spiro atoms. The van der Waals surface area contributed by atoms with Crippen molar-refractivity contribution in [2.45, 2.75) is 32.7 Å². The maximum Gasteiger partial charge on any atom is 0.122 e. The SMILES string of the molecule is CCc1ccc(C(C)Nc2ccc3c(c2)CCO3)s1. The highest BCUT2D eigenvalue weighted by Crippen LogP contribution is 2.31. The van der Waals surface area contributed by atoms with Gasteiger partial charge in [-0.15, -0.1) is 11.3 Å². The van der Waals surface area contributed by atoms with Crippen molar-refractivity contribution in [3.63, 3.8) is 0 Å². The van der Waals surface area contributed by atoms with E-state index >= 15 is 0 Å². The number of hydrogen-bond acceptors (Lipinski definition) is 3. The molecule has 1 aromatic heterocycles. The number of anilines is 1. The Morgan fingerprint density at radius 2 is 2.21 bits per heavy atom. The highest BCUT2D eigenvalue weighted by Gasteiger charge is 2.13. The molecule has 0 aliphatic carbocycles. The van der Waals surface area contributed by atoms with Crippen LogP contribution < -0.4 is 10.1 Å². The largest absolute Gasteiger partial charge is 0.493 e. The zero-order valence-corrected chi connectivity index (χ0v) is 12.2. The zero-order chi connectivity index (χ0) is 13.2. The van der Waals surface area contributed by atoms with Crippen LogP contribution in [-0.2, 0) is 12.8 Å². The lowest BCUT2D eigenvalue weighted by atomic mass is 10.1. The minimum Gasteiger partial charge on any atom is -0.493 e. The number of rotatable bonds is 4. The van der Waals surface area contributed by atoms with Gasteiger partial charge in [0.25, 0.3) is 0 Å². The zero-order valence-electron chi connectivity index (χ0n) is 11.4. The molecule has 3 rings (SSSR count). The molecule has 0 saturated heterocycles. The third-order valence-electron chi connectivity index (χ3n) is 3.53. The highest BCUT2D eigenvalue weighted by molar-refractivity contribution is 7.12. The fourth-order valence-electron chi connectivity index (χ4n) is 2.41. The van der Waals surface area contributed by atoms with Crippen LogP contribution in [0.3, 0.4) is 0 Å². The number of nitrogens with one attached hydrogen (secondary N) is 1. The Kier molecular flexibility index (Phi) is 3.47. The van der Waals surface area contributed by atoms with Crippen LogP contribution in [0.1, 0.15) is 35.2 Å². The van der Waals surface area contributed by atoms with Crippen molar-refractivity contribution in [3.8, 4) is 5.75 Å². The van der Waals surface area contributed by atoms with E-state index in [0.29, 0.717) is 6.04 Å². The fourth-order valence-corrected chi connectivity index (χ4v) is 3.37. The molecular formula is C16H19NOS. The molecule has 0 fully saturated rings. The van der Waals surface area contributed by atoms with Crippen molar-refractivity contribution in [1.82, 2.24) is 0 Å². The number of benzene rings is 1. The van der Waals surface area contributed by atoms with Crippen molar-refractivity contribution in [2.75, 3.05) is 11.9 Å². The average molecular weight is 273 g/mol. The summed E-state index contributed by atoms with van der Waals surface area (Å²) >= 11 is 1.90. The summed E-state index contributed by atoms with van der Waals surface area (Å²) in [4.78, 5) is 2.85. The first-order chi connectivity index (χ1) is 9.26. The highest BCUT2D eigenvalue weighted by atomic mass is 32.1. The van der Waals surface area contributed by atoms with E-state index in [1.54, 1.807) is 0 Å². The first kappa shape index (κ1) is 12.5. The minimum absolute atomic E-state index is 0.352. The maximum atomic E-state index is 5.54. The fraction of sp³-hybridized carbons (Fsp3) is 0.375. The van der Waals surface area contributed by atoms with Crippen molar-refractivity contribution < 1.29 is 4.74 Å². The van der Waals surface area contributed by atoms with E-state index in [1.807, 2.05) is 11.3 Å². The van der Waals surface area contributed by atoms with Crippen LogP contribution in [0.4, 0.5) is 5.69 Å². The van der Waals surface area contributed by atoms with E-state index in [-0.39, 0.29) is 0 Å². The van der Waals surface area contributed by atoms with Crippen LogP contribution in [0.25, 0.3) is 0 Å². The summed E-state index contributed by atoms with van der Waals surface area (Å²) in [6.45, 7) is 5.24. The third-order valence-corrected chi connectivity index (χ3v) is 4.94. The number of thiophene rings is 1. The summed E-state index contributed by atoms with van der Waals surface area (Å²) in [6, 6.07) is 11.2. The molecule has 2 heterocycles. The predicted octanol–water partition coefficient (Wildman–Crippen LogP) is 4.42. The van der Waals surface area contributed by atoms with Gasteiger partial charge in [0.05, 0.1) is 12.6 Å². The topological polar surface area (TPSA) is 21.3 Å². The van der Waals surface area contributed by atoms with Crippen molar-refractivity contribution in [1.29, 1.82) is 0 Å². The normalized spacial score (nSPS) is 14.8. The van der Waals surface area contributed by atoms with E-state index in [1.165, 1.54) is 21.0 Å². The summed E-state index contributed by atoms with van der Waals surface area (Å²) in [5.41, 5.74) is 2.50. The van der Waals surface area contributed by atoms with Crippen LogP contribution in [0.15, 0.2) is 30.3 Å². The molecule has 0 bridgehead atoms. The van der Waals surface area contributed by atoms with E-state index in [4.69, 9.17) is 4.74 Å². The second-order valence-corrected chi connectivity index (χ2v) is 6.14. The van der Waals surface area contributed by atoms with Gasteiger partial charge in [-0.1, -0.05) is 6.92 Å². The van der Waals surface area contributed by atoms with Gasteiger partial charge in [0.15, 0.2) is 0 Å². The van der Waals surface area contributed by atoms with Gasteiger partial charge in [0.1, 0.15) is 5.75 Å². The van der Waals surface area contributed by atoms with Gasteiger partial charge in [-0.2, -0.15) is 0 Å². The van der Waals surface area contributed by atoms with Crippen molar-refractivity contribution in [3.05, 3.63) is 45.6 Å². The Labute approximate surface area is 118 Å². The number of ether oxygens (including phenoxy) is 1. The van der Waals surface area contributed by atoms with Crippen LogP contribution in [-0.4, -0.2) is 6.61 Å². The first-order valence-electron chi connectivity index (χ1n) is 6.87. The Morgan fingerprint density at radius 1 is 1.32 bits per heavy atom. The molecule has 1 unspecified atom stereocenters. The van der Waals surface area contributed by atoms with Gasteiger partial charge < -0.3 is 10.1 Å². The summed E-state index contributed by atoms with van der Waals surface area (Å²) < 4.78 is 5.54. The second-order valence-electron chi connectivity index (χ2n) is 4.94. The van der Waals surface area contributed by atoms with Crippen molar-refractivity contribution >= 4 is 17.0 Å². The number of fused-ring (bicyclic) bond motifs is 1. The molecule has 100 valence electrons. The quantitative estimate of drug-likeness (QED) is 0.890. The summed E-state index contributed by atoms with van der Waals surface area (Å²) in [5, 5.41) is 3.58. The molecule has 1 aliphatic heterocycles. The molecule has 3 heteroatoms. The number of hydrogen-bond donors (Lipinski definition) is 1. The molecule has 0 amide bonds. The average Bonchev–Trinajstić information content (AvgIpc) is 3.06. The lowest BCUT2D eigenvalue weighted by Crippen LogP contribution is -2.04. The Hall–Kier alpha value is -1.48. The Balaban J connectivity index is 1.73. The molecule has 1 aliphatic rings. The van der Waals surface area contributed by atoms with Gasteiger partial charge in [-0.05, 0) is 49.2 Å². The number of aryl methyl sites for hydroxylation is 1. The summed E-state index contributed by atoms with van der Waals surface area (Å²) in [6.07, 6.45) is 2.14. The third kappa shape index (κ3) is 2.61. The van der Waals surface area contributed by atoms with Gasteiger partial charge in [0.2, 0.25) is 0 Å². The monoisotopic (exact) mass is 273 g/mol. The van der Waals surface area contributed by atoms with Gasteiger partial charge in [-0.3, -0.25) is 0 Å². The summed E-state index contributed by atoms with van der Waals surface area (Å²) in [7, 11) is 0. The van der Waals surface area contributed by atoms with E-state index < -0.39 is 0 Å².